The van der Waals surface area contributed by atoms with Gasteiger partial charge in [-0.05, 0) is 56.5 Å². The van der Waals surface area contributed by atoms with E-state index in [1.54, 1.807) is 0 Å². The Morgan fingerprint density at radius 3 is 2.65 bits per heavy atom. The Morgan fingerprint density at radius 1 is 1.18 bits per heavy atom. The molecule has 0 saturated carbocycles. The van der Waals surface area contributed by atoms with Gasteiger partial charge in [0, 0.05) is 19.1 Å². The van der Waals surface area contributed by atoms with Gasteiger partial charge in [-0.15, -0.1) is 0 Å². The van der Waals surface area contributed by atoms with Crippen LogP contribution in [-0.4, -0.2) is 54.3 Å². The van der Waals surface area contributed by atoms with Crippen LogP contribution in [0.25, 0.3) is 0 Å². The van der Waals surface area contributed by atoms with Gasteiger partial charge in [0.05, 0.1) is 0 Å². The van der Waals surface area contributed by atoms with E-state index in [1.165, 1.54) is 52.0 Å². The molecular formula is C14H28N2S. The standard InChI is InChI=1S/C14H28N2S/c1-12(2)13(11-17)9-15-6-4-8-16-7-3-5-14(16)10-15/h12-14,17H,3-11H2,1-2H3. The zero-order chi connectivity index (χ0) is 12.3. The lowest BCUT2D eigenvalue weighted by molar-refractivity contribution is 0.189. The average Bonchev–Trinajstić information content (AvgIpc) is 2.64. The van der Waals surface area contributed by atoms with Crippen molar-refractivity contribution >= 4 is 12.6 Å². The van der Waals surface area contributed by atoms with Crippen LogP contribution in [0.15, 0.2) is 0 Å². The summed E-state index contributed by atoms with van der Waals surface area (Å²) in [6, 6.07) is 0.852. The Kier molecular flexibility index (Phi) is 5.19. The quantitative estimate of drug-likeness (QED) is 0.772. The molecule has 17 heavy (non-hydrogen) atoms. The third-order valence-corrected chi connectivity index (χ3v) is 5.03. The van der Waals surface area contributed by atoms with Crippen molar-refractivity contribution in [3.05, 3.63) is 0 Å². The van der Waals surface area contributed by atoms with Crippen LogP contribution in [-0.2, 0) is 0 Å². The molecule has 0 amide bonds. The van der Waals surface area contributed by atoms with Gasteiger partial charge >= 0.3 is 0 Å². The normalized spacial score (nSPS) is 29.3. The first kappa shape index (κ1) is 13.7. The molecule has 2 nitrogen and oxygen atoms in total. The molecule has 0 radical (unpaired) electrons. The molecule has 2 aliphatic heterocycles. The maximum absolute atomic E-state index is 4.52. The molecule has 2 atom stereocenters. The predicted molar refractivity (Wildman–Crippen MR) is 77.8 cm³/mol. The number of hydrogen-bond acceptors (Lipinski definition) is 3. The number of fused-ring (bicyclic) bond motifs is 1. The topological polar surface area (TPSA) is 6.48 Å². The molecule has 2 saturated heterocycles. The largest absolute Gasteiger partial charge is 0.301 e. The van der Waals surface area contributed by atoms with Gasteiger partial charge in [-0.25, -0.2) is 0 Å². The summed E-state index contributed by atoms with van der Waals surface area (Å²) in [6.07, 6.45) is 4.19. The van der Waals surface area contributed by atoms with Gasteiger partial charge in [-0.2, -0.15) is 12.6 Å². The predicted octanol–water partition coefficient (Wildman–Crippen LogP) is 2.36. The van der Waals surface area contributed by atoms with Crippen LogP contribution in [0.5, 0.6) is 0 Å². The summed E-state index contributed by atoms with van der Waals surface area (Å²) in [6.45, 7) is 11.2. The highest BCUT2D eigenvalue weighted by molar-refractivity contribution is 7.80. The molecule has 3 heteroatoms. The molecule has 2 aliphatic rings. The van der Waals surface area contributed by atoms with Crippen molar-refractivity contribution in [3.8, 4) is 0 Å². The molecule has 0 bridgehead atoms. The fraction of sp³-hybridized carbons (Fsp3) is 1.00. The van der Waals surface area contributed by atoms with Gasteiger partial charge in [0.15, 0.2) is 0 Å². The van der Waals surface area contributed by atoms with Gasteiger partial charge < -0.3 is 4.90 Å². The smallest absolute Gasteiger partial charge is 0.0223 e. The minimum absolute atomic E-state index is 0.756. The summed E-state index contributed by atoms with van der Waals surface area (Å²) in [5, 5.41) is 0. The van der Waals surface area contributed by atoms with Crippen molar-refractivity contribution in [2.75, 3.05) is 38.5 Å². The SMILES string of the molecule is CC(C)C(CS)CN1CCCN2CCCC2C1. The molecule has 0 N–H and O–H groups in total. The van der Waals surface area contributed by atoms with Crippen molar-refractivity contribution in [1.29, 1.82) is 0 Å². The van der Waals surface area contributed by atoms with E-state index in [0.29, 0.717) is 0 Å². The molecule has 0 aromatic rings. The summed E-state index contributed by atoms with van der Waals surface area (Å²) >= 11 is 4.52. The van der Waals surface area contributed by atoms with Gasteiger partial charge in [0.2, 0.25) is 0 Å². The Balaban J connectivity index is 1.87. The summed E-state index contributed by atoms with van der Waals surface area (Å²) in [5.74, 6) is 2.55. The highest BCUT2D eigenvalue weighted by Crippen LogP contribution is 2.23. The first-order valence-electron chi connectivity index (χ1n) is 7.28. The summed E-state index contributed by atoms with van der Waals surface area (Å²) in [7, 11) is 0. The van der Waals surface area contributed by atoms with E-state index in [9.17, 15) is 0 Å². The molecular weight excluding hydrogens is 228 g/mol. The summed E-state index contributed by atoms with van der Waals surface area (Å²) in [4.78, 5) is 5.42. The summed E-state index contributed by atoms with van der Waals surface area (Å²) in [5.41, 5.74) is 0. The monoisotopic (exact) mass is 256 g/mol. The minimum Gasteiger partial charge on any atom is -0.301 e. The maximum atomic E-state index is 4.52. The van der Waals surface area contributed by atoms with E-state index < -0.39 is 0 Å². The van der Waals surface area contributed by atoms with E-state index in [0.717, 1.165) is 23.6 Å². The highest BCUT2D eigenvalue weighted by Gasteiger charge is 2.29. The Morgan fingerprint density at radius 2 is 1.94 bits per heavy atom. The van der Waals surface area contributed by atoms with Gasteiger partial charge in [0.25, 0.3) is 0 Å². The van der Waals surface area contributed by atoms with Crippen LogP contribution in [0.1, 0.15) is 33.1 Å². The zero-order valence-electron chi connectivity index (χ0n) is 11.4. The molecule has 0 aromatic carbocycles. The van der Waals surface area contributed by atoms with Crippen LogP contribution in [0.3, 0.4) is 0 Å². The first-order chi connectivity index (χ1) is 8.20. The van der Waals surface area contributed by atoms with Gasteiger partial charge in [-0.3, -0.25) is 4.90 Å². The number of nitrogens with zero attached hydrogens (tertiary/aromatic N) is 2. The van der Waals surface area contributed by atoms with Crippen molar-refractivity contribution < 1.29 is 0 Å². The molecule has 0 spiro atoms. The lowest BCUT2D eigenvalue weighted by atomic mass is 9.97. The van der Waals surface area contributed by atoms with E-state index in [4.69, 9.17) is 0 Å². The van der Waals surface area contributed by atoms with E-state index in [2.05, 4.69) is 36.3 Å². The van der Waals surface area contributed by atoms with E-state index >= 15 is 0 Å². The lowest BCUT2D eigenvalue weighted by Crippen LogP contribution is -2.39. The van der Waals surface area contributed by atoms with E-state index in [-0.39, 0.29) is 0 Å². The zero-order valence-corrected chi connectivity index (χ0v) is 12.3. The van der Waals surface area contributed by atoms with Gasteiger partial charge in [0.1, 0.15) is 0 Å². The second-order valence-corrected chi connectivity index (χ2v) is 6.50. The van der Waals surface area contributed by atoms with Crippen LogP contribution < -0.4 is 0 Å². The molecule has 2 rings (SSSR count). The van der Waals surface area contributed by atoms with Crippen molar-refractivity contribution in [2.24, 2.45) is 11.8 Å². The molecule has 100 valence electrons. The Hall–Kier alpha value is 0.270. The van der Waals surface area contributed by atoms with Crippen molar-refractivity contribution in [1.82, 2.24) is 9.80 Å². The summed E-state index contributed by atoms with van der Waals surface area (Å²) < 4.78 is 0. The Bertz CT molecular complexity index is 232. The lowest BCUT2D eigenvalue weighted by Gasteiger charge is -2.30. The van der Waals surface area contributed by atoms with Crippen LogP contribution >= 0.6 is 12.6 Å². The highest BCUT2D eigenvalue weighted by atomic mass is 32.1. The molecule has 2 heterocycles. The van der Waals surface area contributed by atoms with Crippen LogP contribution in [0, 0.1) is 11.8 Å². The van der Waals surface area contributed by atoms with Crippen LogP contribution in [0.4, 0.5) is 0 Å². The first-order valence-corrected chi connectivity index (χ1v) is 7.91. The van der Waals surface area contributed by atoms with E-state index in [1.807, 2.05) is 0 Å². The van der Waals surface area contributed by atoms with Crippen molar-refractivity contribution in [2.45, 2.75) is 39.2 Å². The molecule has 2 fully saturated rings. The third kappa shape index (κ3) is 3.62. The minimum atomic E-state index is 0.756. The average molecular weight is 256 g/mol. The molecule has 2 unspecified atom stereocenters. The molecule has 0 aliphatic carbocycles. The number of rotatable bonds is 4. The van der Waals surface area contributed by atoms with Crippen LogP contribution in [0.2, 0.25) is 0 Å². The maximum Gasteiger partial charge on any atom is 0.0223 e. The third-order valence-electron chi connectivity index (χ3n) is 4.56. The number of hydrogen-bond donors (Lipinski definition) is 1. The second-order valence-electron chi connectivity index (χ2n) is 6.13. The number of thiol groups is 1. The Labute approximate surface area is 112 Å². The fourth-order valence-electron chi connectivity index (χ4n) is 3.26. The second kappa shape index (κ2) is 6.44. The molecule has 0 aromatic heterocycles. The van der Waals surface area contributed by atoms with Crippen molar-refractivity contribution in [3.63, 3.8) is 0 Å². The fourth-order valence-corrected chi connectivity index (χ4v) is 3.80. The van der Waals surface area contributed by atoms with Gasteiger partial charge in [-0.1, -0.05) is 13.8 Å².